The summed E-state index contributed by atoms with van der Waals surface area (Å²) in [5.74, 6) is -1.11. The van der Waals surface area contributed by atoms with Gasteiger partial charge in [-0.05, 0) is 30.3 Å². The summed E-state index contributed by atoms with van der Waals surface area (Å²) in [5, 5.41) is 0.762. The molecule has 1 amide bonds. The second-order valence-corrected chi connectivity index (χ2v) is 4.53. The van der Waals surface area contributed by atoms with Gasteiger partial charge in [0.25, 0.3) is 0 Å². The molecule has 0 heterocycles. The fraction of sp³-hybridized carbons (Fsp3) is 0. The van der Waals surface area contributed by atoms with Crippen molar-refractivity contribution in [3.05, 3.63) is 57.8 Å². The Hall–Kier alpha value is -1.58. The molecule has 2 N–H and O–H groups in total. The molecule has 2 nitrogen and oxygen atoms in total. The minimum Gasteiger partial charge on any atom is -0.366 e. The maximum Gasteiger partial charge on any atom is 0.248 e. The zero-order valence-electron chi connectivity index (χ0n) is 9.08. The van der Waals surface area contributed by atoms with Crippen LogP contribution in [0.3, 0.4) is 0 Å². The molecule has 5 heteroatoms. The Kier molecular flexibility index (Phi) is 3.55. The maximum absolute atomic E-state index is 13.8. The van der Waals surface area contributed by atoms with Crippen LogP contribution in [0.2, 0.25) is 10.0 Å². The first-order chi connectivity index (χ1) is 8.49. The summed E-state index contributed by atoms with van der Waals surface area (Å²) < 4.78 is 13.8. The van der Waals surface area contributed by atoms with E-state index in [1.165, 1.54) is 24.3 Å². The van der Waals surface area contributed by atoms with E-state index < -0.39 is 11.7 Å². The summed E-state index contributed by atoms with van der Waals surface area (Å²) in [6.45, 7) is 0. The topological polar surface area (TPSA) is 43.1 Å². The van der Waals surface area contributed by atoms with E-state index in [2.05, 4.69) is 0 Å². The fourth-order valence-electron chi connectivity index (χ4n) is 1.59. The molecule has 2 rings (SSSR count). The second-order valence-electron chi connectivity index (χ2n) is 3.68. The number of nitrogens with two attached hydrogens (primary N) is 1. The van der Waals surface area contributed by atoms with E-state index in [0.717, 1.165) is 0 Å². The highest BCUT2D eigenvalue weighted by molar-refractivity contribution is 6.36. The van der Waals surface area contributed by atoms with Crippen molar-refractivity contribution < 1.29 is 9.18 Å². The highest BCUT2D eigenvalue weighted by Gasteiger charge is 2.12. The predicted octanol–water partition coefficient (Wildman–Crippen LogP) is 3.90. The number of benzene rings is 2. The molecular formula is C13H8Cl2FNO. The highest BCUT2D eigenvalue weighted by atomic mass is 35.5. The Labute approximate surface area is 113 Å². The van der Waals surface area contributed by atoms with Crippen LogP contribution in [0.4, 0.5) is 4.39 Å². The van der Waals surface area contributed by atoms with Gasteiger partial charge < -0.3 is 5.73 Å². The molecule has 2 aromatic rings. The van der Waals surface area contributed by atoms with Gasteiger partial charge in [0.05, 0.1) is 0 Å². The third-order valence-corrected chi connectivity index (χ3v) is 3.02. The number of amides is 1. The van der Waals surface area contributed by atoms with Gasteiger partial charge in [0.1, 0.15) is 5.82 Å². The standard InChI is InChI=1S/C13H8Cl2FNO/c14-8-2-3-9(11(15)6-8)10-5-7(13(17)18)1-4-12(10)16/h1-6H,(H2,17,18). The number of rotatable bonds is 2. The molecular weight excluding hydrogens is 276 g/mol. The molecule has 0 bridgehead atoms. The lowest BCUT2D eigenvalue weighted by molar-refractivity contribution is 0.100. The van der Waals surface area contributed by atoms with Crippen LogP contribution in [-0.2, 0) is 0 Å². The van der Waals surface area contributed by atoms with Crippen molar-refractivity contribution in [1.29, 1.82) is 0 Å². The van der Waals surface area contributed by atoms with Crippen molar-refractivity contribution in [3.8, 4) is 11.1 Å². The predicted molar refractivity (Wildman–Crippen MR) is 70.4 cm³/mol. The number of hydrogen-bond acceptors (Lipinski definition) is 1. The van der Waals surface area contributed by atoms with Gasteiger partial charge in [0.2, 0.25) is 5.91 Å². The molecule has 18 heavy (non-hydrogen) atoms. The summed E-state index contributed by atoms with van der Waals surface area (Å²) in [5.41, 5.74) is 6.05. The third kappa shape index (κ3) is 2.47. The summed E-state index contributed by atoms with van der Waals surface area (Å²) in [7, 11) is 0. The van der Waals surface area contributed by atoms with Gasteiger partial charge in [-0.1, -0.05) is 29.3 Å². The average Bonchev–Trinajstić information content (AvgIpc) is 2.30. The third-order valence-electron chi connectivity index (χ3n) is 2.47. The fourth-order valence-corrected chi connectivity index (χ4v) is 2.10. The summed E-state index contributed by atoms with van der Waals surface area (Å²) >= 11 is 11.8. The van der Waals surface area contributed by atoms with E-state index in [-0.39, 0.29) is 11.1 Å². The van der Waals surface area contributed by atoms with Gasteiger partial charge in [0, 0.05) is 26.7 Å². The first kappa shape index (κ1) is 12.9. The molecule has 0 aromatic heterocycles. The van der Waals surface area contributed by atoms with Crippen LogP contribution in [-0.4, -0.2) is 5.91 Å². The van der Waals surface area contributed by atoms with Gasteiger partial charge in [-0.3, -0.25) is 4.79 Å². The van der Waals surface area contributed by atoms with Crippen LogP contribution in [0.15, 0.2) is 36.4 Å². The van der Waals surface area contributed by atoms with Crippen LogP contribution < -0.4 is 5.73 Å². The van der Waals surface area contributed by atoms with Gasteiger partial charge in [-0.15, -0.1) is 0 Å². The maximum atomic E-state index is 13.8. The Morgan fingerprint density at radius 1 is 1.06 bits per heavy atom. The van der Waals surface area contributed by atoms with Crippen molar-refractivity contribution in [3.63, 3.8) is 0 Å². The Morgan fingerprint density at radius 3 is 2.39 bits per heavy atom. The minimum atomic E-state index is -0.624. The van der Waals surface area contributed by atoms with Gasteiger partial charge >= 0.3 is 0 Å². The lowest BCUT2D eigenvalue weighted by Crippen LogP contribution is -2.11. The molecule has 0 saturated heterocycles. The van der Waals surface area contributed by atoms with Crippen LogP contribution in [0, 0.1) is 5.82 Å². The van der Waals surface area contributed by atoms with Crippen LogP contribution >= 0.6 is 23.2 Å². The van der Waals surface area contributed by atoms with Crippen LogP contribution in [0.25, 0.3) is 11.1 Å². The summed E-state index contributed by atoms with van der Waals surface area (Å²) in [6.07, 6.45) is 0. The van der Waals surface area contributed by atoms with Crippen LogP contribution in [0.1, 0.15) is 10.4 Å². The molecule has 0 radical (unpaired) electrons. The molecule has 0 spiro atoms. The molecule has 0 unspecified atom stereocenters. The molecule has 0 aliphatic carbocycles. The van der Waals surface area contributed by atoms with E-state index in [0.29, 0.717) is 15.6 Å². The minimum absolute atomic E-state index is 0.216. The van der Waals surface area contributed by atoms with Crippen molar-refractivity contribution >= 4 is 29.1 Å². The molecule has 0 aliphatic heterocycles. The van der Waals surface area contributed by atoms with E-state index in [1.54, 1.807) is 12.1 Å². The summed E-state index contributed by atoms with van der Waals surface area (Å²) in [6, 6.07) is 8.57. The van der Waals surface area contributed by atoms with Crippen molar-refractivity contribution in [2.75, 3.05) is 0 Å². The highest BCUT2D eigenvalue weighted by Crippen LogP contribution is 2.32. The van der Waals surface area contributed by atoms with E-state index >= 15 is 0 Å². The van der Waals surface area contributed by atoms with Crippen molar-refractivity contribution in [1.82, 2.24) is 0 Å². The molecule has 0 saturated carbocycles. The molecule has 2 aromatic carbocycles. The normalized spacial score (nSPS) is 10.4. The average molecular weight is 284 g/mol. The zero-order valence-corrected chi connectivity index (χ0v) is 10.6. The molecule has 0 aliphatic rings. The lowest BCUT2D eigenvalue weighted by Gasteiger charge is -2.07. The SMILES string of the molecule is NC(=O)c1ccc(F)c(-c2ccc(Cl)cc2Cl)c1. The number of carbonyl (C=O) groups is 1. The number of primary amides is 1. The summed E-state index contributed by atoms with van der Waals surface area (Å²) in [4.78, 5) is 11.1. The first-order valence-corrected chi connectivity index (χ1v) is 5.79. The Bertz CT molecular complexity index is 628. The molecule has 92 valence electrons. The van der Waals surface area contributed by atoms with E-state index in [4.69, 9.17) is 28.9 Å². The Balaban J connectivity index is 2.62. The van der Waals surface area contributed by atoms with Gasteiger partial charge in [-0.25, -0.2) is 4.39 Å². The lowest BCUT2D eigenvalue weighted by atomic mass is 10.0. The Morgan fingerprint density at radius 2 is 1.78 bits per heavy atom. The largest absolute Gasteiger partial charge is 0.366 e. The van der Waals surface area contributed by atoms with Crippen molar-refractivity contribution in [2.45, 2.75) is 0 Å². The second kappa shape index (κ2) is 4.96. The van der Waals surface area contributed by atoms with Crippen molar-refractivity contribution in [2.24, 2.45) is 5.73 Å². The van der Waals surface area contributed by atoms with Gasteiger partial charge in [-0.2, -0.15) is 0 Å². The smallest absolute Gasteiger partial charge is 0.248 e. The van der Waals surface area contributed by atoms with Crippen LogP contribution in [0.5, 0.6) is 0 Å². The number of hydrogen-bond donors (Lipinski definition) is 1. The van der Waals surface area contributed by atoms with Gasteiger partial charge in [0.15, 0.2) is 0 Å². The van der Waals surface area contributed by atoms with E-state index in [9.17, 15) is 9.18 Å². The first-order valence-electron chi connectivity index (χ1n) is 5.04. The quantitative estimate of drug-likeness (QED) is 0.893. The molecule has 0 atom stereocenters. The molecule has 0 fully saturated rings. The number of halogens is 3. The number of carbonyl (C=O) groups excluding carboxylic acids is 1. The van der Waals surface area contributed by atoms with E-state index in [1.807, 2.05) is 0 Å². The monoisotopic (exact) mass is 283 g/mol. The zero-order chi connectivity index (χ0) is 13.3.